The van der Waals surface area contributed by atoms with Crippen LogP contribution < -0.4 is 4.90 Å². The summed E-state index contributed by atoms with van der Waals surface area (Å²) in [5.41, 5.74) is 1.01. The molecule has 126 valence electrons. The molecule has 1 aliphatic heterocycles. The normalized spacial score (nSPS) is 20.2. The van der Waals surface area contributed by atoms with Gasteiger partial charge in [0.15, 0.2) is 0 Å². The molecule has 5 heteroatoms. The first-order valence-corrected chi connectivity index (χ1v) is 9.11. The quantitative estimate of drug-likeness (QED) is 0.854. The summed E-state index contributed by atoms with van der Waals surface area (Å²) in [6.07, 6.45) is 3.87. The van der Waals surface area contributed by atoms with Crippen LogP contribution in [0, 0.1) is 5.92 Å². The van der Waals surface area contributed by atoms with Crippen molar-refractivity contribution in [2.75, 3.05) is 18.0 Å². The molecule has 1 aliphatic carbocycles. The summed E-state index contributed by atoms with van der Waals surface area (Å²) in [6.45, 7) is 1.79. The number of hydrogen-bond donors (Lipinski definition) is 1. The largest absolute Gasteiger partial charge is 0.388 e. The molecular weight excluding hydrogens is 322 g/mol. The second kappa shape index (κ2) is 6.69. The molecule has 24 heavy (non-hydrogen) atoms. The Morgan fingerprint density at radius 3 is 2.42 bits per heavy atom. The van der Waals surface area contributed by atoms with Crippen LogP contribution >= 0.6 is 11.6 Å². The molecule has 1 saturated carbocycles. The Kier molecular flexibility index (Phi) is 4.42. The molecule has 2 aliphatic rings. The third-order valence-corrected chi connectivity index (χ3v) is 5.29. The Morgan fingerprint density at radius 2 is 1.75 bits per heavy atom. The molecule has 1 atom stereocenters. The number of anilines is 1. The molecule has 2 heterocycles. The van der Waals surface area contributed by atoms with Crippen LogP contribution in [0.15, 0.2) is 36.4 Å². The second-order valence-corrected chi connectivity index (χ2v) is 7.25. The number of nitrogens with zero attached hydrogens (tertiary/aromatic N) is 3. The molecule has 0 radical (unpaired) electrons. The van der Waals surface area contributed by atoms with Gasteiger partial charge in [0.2, 0.25) is 0 Å². The number of aliphatic hydroxyl groups excluding tert-OH is 1. The zero-order valence-electron chi connectivity index (χ0n) is 13.6. The SMILES string of the molecule is OC(c1ccccc1)C1CCN(c2cc(Cl)nc(C3CC3)n2)CC1. The van der Waals surface area contributed by atoms with E-state index in [1.807, 2.05) is 36.4 Å². The fraction of sp³-hybridized carbons (Fsp3) is 0.474. The molecule has 1 saturated heterocycles. The van der Waals surface area contributed by atoms with Crippen molar-refractivity contribution >= 4 is 17.4 Å². The smallest absolute Gasteiger partial charge is 0.135 e. The van der Waals surface area contributed by atoms with Crippen LogP contribution in [0.3, 0.4) is 0 Å². The van der Waals surface area contributed by atoms with E-state index < -0.39 is 0 Å². The Hall–Kier alpha value is -1.65. The maximum absolute atomic E-state index is 10.6. The average molecular weight is 344 g/mol. The lowest BCUT2D eigenvalue weighted by molar-refractivity contribution is 0.0929. The number of halogens is 1. The van der Waals surface area contributed by atoms with Crippen molar-refractivity contribution in [3.05, 3.63) is 52.9 Å². The van der Waals surface area contributed by atoms with Crippen molar-refractivity contribution in [1.82, 2.24) is 9.97 Å². The van der Waals surface area contributed by atoms with Gasteiger partial charge in [-0.05, 0) is 37.2 Å². The summed E-state index contributed by atoms with van der Waals surface area (Å²) in [7, 11) is 0. The van der Waals surface area contributed by atoms with E-state index in [9.17, 15) is 5.11 Å². The highest BCUT2D eigenvalue weighted by atomic mass is 35.5. The van der Waals surface area contributed by atoms with Gasteiger partial charge in [0.05, 0.1) is 6.10 Å². The van der Waals surface area contributed by atoms with Gasteiger partial charge in [-0.2, -0.15) is 0 Å². The lowest BCUT2D eigenvalue weighted by Gasteiger charge is -2.35. The first-order chi connectivity index (χ1) is 11.7. The number of rotatable bonds is 4. The number of piperidine rings is 1. The first kappa shape index (κ1) is 15.9. The number of aliphatic hydroxyl groups is 1. The molecule has 1 unspecified atom stereocenters. The van der Waals surface area contributed by atoms with E-state index in [1.54, 1.807) is 0 Å². The molecule has 0 bridgehead atoms. The van der Waals surface area contributed by atoms with Gasteiger partial charge >= 0.3 is 0 Å². The van der Waals surface area contributed by atoms with Crippen LogP contribution in [0.5, 0.6) is 0 Å². The van der Waals surface area contributed by atoms with Gasteiger partial charge in [-0.3, -0.25) is 0 Å². The van der Waals surface area contributed by atoms with Crippen molar-refractivity contribution in [1.29, 1.82) is 0 Å². The van der Waals surface area contributed by atoms with Crippen molar-refractivity contribution in [2.24, 2.45) is 5.92 Å². The molecule has 4 rings (SSSR count). The van der Waals surface area contributed by atoms with Gasteiger partial charge in [-0.15, -0.1) is 0 Å². The van der Waals surface area contributed by atoms with Crippen LogP contribution in [-0.2, 0) is 0 Å². The predicted octanol–water partition coefficient (Wildman–Crippen LogP) is 3.96. The zero-order chi connectivity index (χ0) is 16.5. The number of aromatic nitrogens is 2. The van der Waals surface area contributed by atoms with Crippen LogP contribution in [-0.4, -0.2) is 28.2 Å². The highest BCUT2D eigenvalue weighted by Gasteiger charge is 2.30. The summed E-state index contributed by atoms with van der Waals surface area (Å²) < 4.78 is 0. The second-order valence-electron chi connectivity index (χ2n) is 6.86. The molecule has 2 aromatic rings. The minimum Gasteiger partial charge on any atom is -0.388 e. The molecule has 4 nitrogen and oxygen atoms in total. The maximum atomic E-state index is 10.6. The Balaban J connectivity index is 1.43. The van der Waals surface area contributed by atoms with Crippen LogP contribution in [0.2, 0.25) is 5.15 Å². The summed E-state index contributed by atoms with van der Waals surface area (Å²) in [5, 5.41) is 11.1. The third kappa shape index (κ3) is 3.40. The van der Waals surface area contributed by atoms with Crippen LogP contribution in [0.25, 0.3) is 0 Å². The summed E-state index contributed by atoms with van der Waals surface area (Å²) in [5.74, 6) is 2.62. The van der Waals surface area contributed by atoms with Crippen molar-refractivity contribution < 1.29 is 5.11 Å². The van der Waals surface area contributed by atoms with Crippen molar-refractivity contribution in [3.63, 3.8) is 0 Å². The Bertz CT molecular complexity index is 697. The molecule has 1 aromatic carbocycles. The molecule has 0 amide bonds. The number of benzene rings is 1. The minimum atomic E-state index is -0.385. The highest BCUT2D eigenvalue weighted by Crippen LogP contribution is 2.39. The maximum Gasteiger partial charge on any atom is 0.135 e. The first-order valence-electron chi connectivity index (χ1n) is 8.73. The molecular formula is C19H22ClN3O. The topological polar surface area (TPSA) is 49.2 Å². The van der Waals surface area contributed by atoms with Crippen LogP contribution in [0.4, 0.5) is 5.82 Å². The van der Waals surface area contributed by atoms with Gasteiger partial charge < -0.3 is 10.0 Å². The Morgan fingerprint density at radius 1 is 1.04 bits per heavy atom. The van der Waals surface area contributed by atoms with Gasteiger partial charge in [-0.1, -0.05) is 41.9 Å². The molecule has 2 fully saturated rings. The van der Waals surface area contributed by atoms with E-state index >= 15 is 0 Å². The van der Waals surface area contributed by atoms with E-state index in [1.165, 1.54) is 12.8 Å². The minimum absolute atomic E-state index is 0.295. The van der Waals surface area contributed by atoms with Gasteiger partial charge in [0, 0.05) is 25.1 Å². The highest BCUT2D eigenvalue weighted by molar-refractivity contribution is 6.29. The van der Waals surface area contributed by atoms with Gasteiger partial charge in [0.25, 0.3) is 0 Å². The average Bonchev–Trinajstić information content (AvgIpc) is 3.47. The molecule has 0 spiro atoms. The lowest BCUT2D eigenvalue weighted by Crippen LogP contribution is -2.36. The van der Waals surface area contributed by atoms with Gasteiger partial charge in [-0.25, -0.2) is 9.97 Å². The lowest BCUT2D eigenvalue weighted by atomic mass is 9.87. The van der Waals surface area contributed by atoms with Crippen molar-refractivity contribution in [3.8, 4) is 0 Å². The monoisotopic (exact) mass is 343 g/mol. The zero-order valence-corrected chi connectivity index (χ0v) is 14.4. The fourth-order valence-electron chi connectivity index (χ4n) is 3.48. The Labute approximate surface area is 147 Å². The van der Waals surface area contributed by atoms with Gasteiger partial charge in [0.1, 0.15) is 16.8 Å². The third-order valence-electron chi connectivity index (χ3n) is 5.09. The molecule has 1 N–H and O–H groups in total. The molecule has 1 aromatic heterocycles. The van der Waals surface area contributed by atoms with Crippen molar-refractivity contribution in [2.45, 2.75) is 37.7 Å². The standard InChI is InChI=1S/C19H22ClN3O/c20-16-12-17(22-19(21-16)15-6-7-15)23-10-8-14(9-11-23)18(24)13-4-2-1-3-5-13/h1-5,12,14-15,18,24H,6-11H2. The predicted molar refractivity (Wildman–Crippen MR) is 95.4 cm³/mol. The summed E-state index contributed by atoms with van der Waals surface area (Å²) in [4.78, 5) is 11.3. The fourth-order valence-corrected chi connectivity index (χ4v) is 3.66. The van der Waals surface area contributed by atoms with E-state index in [2.05, 4.69) is 9.88 Å². The van der Waals surface area contributed by atoms with E-state index in [0.717, 1.165) is 43.1 Å². The van der Waals surface area contributed by atoms with Crippen LogP contribution in [0.1, 0.15) is 49.1 Å². The summed E-state index contributed by atoms with van der Waals surface area (Å²) in [6, 6.07) is 11.8. The van der Waals surface area contributed by atoms with E-state index in [0.29, 0.717) is 17.0 Å². The van der Waals surface area contributed by atoms with E-state index in [-0.39, 0.29) is 6.10 Å². The number of hydrogen-bond acceptors (Lipinski definition) is 4. The summed E-state index contributed by atoms with van der Waals surface area (Å²) >= 11 is 6.18. The van der Waals surface area contributed by atoms with E-state index in [4.69, 9.17) is 16.6 Å².